The van der Waals surface area contributed by atoms with E-state index in [1.165, 1.54) is 12.8 Å². The van der Waals surface area contributed by atoms with Crippen LogP contribution in [0.4, 0.5) is 11.8 Å². The molecule has 0 atom stereocenters. The van der Waals surface area contributed by atoms with Gasteiger partial charge in [-0.2, -0.15) is 4.98 Å². The summed E-state index contributed by atoms with van der Waals surface area (Å²) < 4.78 is 0. The van der Waals surface area contributed by atoms with Crippen molar-refractivity contribution in [3.05, 3.63) is 12.3 Å². The SMILES string of the molecule is CCCCN(C)c1ccnc(NCC(C)C)n1. The lowest BCUT2D eigenvalue weighted by molar-refractivity contribution is 0.684. The van der Waals surface area contributed by atoms with E-state index in [4.69, 9.17) is 0 Å². The minimum absolute atomic E-state index is 0.597. The maximum atomic E-state index is 4.50. The van der Waals surface area contributed by atoms with Crippen molar-refractivity contribution in [2.24, 2.45) is 5.92 Å². The van der Waals surface area contributed by atoms with Gasteiger partial charge in [-0.25, -0.2) is 4.98 Å². The molecule has 0 fully saturated rings. The molecule has 0 aromatic carbocycles. The van der Waals surface area contributed by atoms with Crippen LogP contribution in [-0.4, -0.2) is 30.1 Å². The van der Waals surface area contributed by atoms with Crippen LogP contribution in [0.3, 0.4) is 0 Å². The maximum Gasteiger partial charge on any atom is 0.224 e. The van der Waals surface area contributed by atoms with Crippen molar-refractivity contribution in [3.63, 3.8) is 0 Å². The van der Waals surface area contributed by atoms with Crippen molar-refractivity contribution in [1.29, 1.82) is 0 Å². The predicted molar refractivity (Wildman–Crippen MR) is 73.5 cm³/mol. The van der Waals surface area contributed by atoms with Gasteiger partial charge in [0.25, 0.3) is 0 Å². The summed E-state index contributed by atoms with van der Waals surface area (Å²) in [4.78, 5) is 10.9. The van der Waals surface area contributed by atoms with E-state index in [-0.39, 0.29) is 0 Å². The van der Waals surface area contributed by atoms with Gasteiger partial charge in [0.05, 0.1) is 0 Å². The summed E-state index contributed by atoms with van der Waals surface area (Å²) in [5, 5.41) is 3.25. The summed E-state index contributed by atoms with van der Waals surface area (Å²) >= 11 is 0. The molecule has 0 spiro atoms. The van der Waals surface area contributed by atoms with Gasteiger partial charge in [-0.15, -0.1) is 0 Å². The first-order chi connectivity index (χ1) is 8.13. The van der Waals surface area contributed by atoms with Crippen molar-refractivity contribution in [2.45, 2.75) is 33.6 Å². The standard InChI is InChI=1S/C13H24N4/c1-5-6-9-17(4)12-7-8-14-13(16-12)15-10-11(2)3/h7-8,11H,5-6,9-10H2,1-4H3,(H,14,15,16). The van der Waals surface area contributed by atoms with Gasteiger partial charge >= 0.3 is 0 Å². The average Bonchev–Trinajstić information content (AvgIpc) is 2.33. The van der Waals surface area contributed by atoms with Crippen molar-refractivity contribution in [2.75, 3.05) is 30.4 Å². The van der Waals surface area contributed by atoms with Crippen LogP contribution in [0.2, 0.25) is 0 Å². The first kappa shape index (κ1) is 13.7. The zero-order valence-electron chi connectivity index (χ0n) is 11.4. The molecule has 0 aliphatic carbocycles. The van der Waals surface area contributed by atoms with Crippen molar-refractivity contribution in [1.82, 2.24) is 9.97 Å². The molecule has 1 aromatic heterocycles. The number of unbranched alkanes of at least 4 members (excludes halogenated alkanes) is 1. The minimum atomic E-state index is 0.597. The lowest BCUT2D eigenvalue weighted by Crippen LogP contribution is -2.20. The lowest BCUT2D eigenvalue weighted by atomic mass is 10.2. The molecule has 0 aliphatic heterocycles. The Labute approximate surface area is 104 Å². The number of rotatable bonds is 7. The van der Waals surface area contributed by atoms with Gasteiger partial charge in [-0.1, -0.05) is 27.2 Å². The summed E-state index contributed by atoms with van der Waals surface area (Å²) in [6.07, 6.45) is 4.20. The topological polar surface area (TPSA) is 41.1 Å². The third kappa shape index (κ3) is 5.02. The fourth-order valence-corrected chi connectivity index (χ4v) is 1.45. The zero-order valence-corrected chi connectivity index (χ0v) is 11.4. The summed E-state index contributed by atoms with van der Waals surface area (Å²) in [6, 6.07) is 1.95. The van der Waals surface area contributed by atoms with Crippen molar-refractivity contribution >= 4 is 11.8 Å². The first-order valence-electron chi connectivity index (χ1n) is 6.41. The molecule has 0 radical (unpaired) electrons. The fraction of sp³-hybridized carbons (Fsp3) is 0.692. The van der Waals surface area contributed by atoms with Gasteiger partial charge < -0.3 is 10.2 Å². The van der Waals surface area contributed by atoms with Crippen LogP contribution in [0.25, 0.3) is 0 Å². The number of nitrogens with zero attached hydrogens (tertiary/aromatic N) is 3. The molecule has 0 saturated carbocycles. The molecule has 96 valence electrons. The van der Waals surface area contributed by atoms with Gasteiger partial charge in [0.2, 0.25) is 5.95 Å². The van der Waals surface area contributed by atoms with Gasteiger partial charge in [-0.3, -0.25) is 0 Å². The van der Waals surface area contributed by atoms with Crippen LogP contribution >= 0.6 is 0 Å². The largest absolute Gasteiger partial charge is 0.360 e. The summed E-state index contributed by atoms with van der Waals surface area (Å²) in [5.41, 5.74) is 0. The molecular formula is C13H24N4. The highest BCUT2D eigenvalue weighted by atomic mass is 15.2. The molecule has 0 aliphatic rings. The lowest BCUT2D eigenvalue weighted by Gasteiger charge is -2.18. The second-order valence-corrected chi connectivity index (χ2v) is 4.79. The van der Waals surface area contributed by atoms with Crippen LogP contribution in [0.15, 0.2) is 12.3 Å². The number of hydrogen-bond acceptors (Lipinski definition) is 4. The number of nitrogens with one attached hydrogen (secondary N) is 1. The maximum absolute atomic E-state index is 4.50. The number of aromatic nitrogens is 2. The second kappa shape index (κ2) is 7.09. The van der Waals surface area contributed by atoms with Crippen LogP contribution in [0, 0.1) is 5.92 Å². The van der Waals surface area contributed by atoms with Gasteiger partial charge in [0.1, 0.15) is 5.82 Å². The second-order valence-electron chi connectivity index (χ2n) is 4.79. The third-order valence-electron chi connectivity index (χ3n) is 2.55. The Bertz CT molecular complexity index is 325. The van der Waals surface area contributed by atoms with Crippen molar-refractivity contribution < 1.29 is 0 Å². The fourth-order valence-electron chi connectivity index (χ4n) is 1.45. The molecule has 17 heavy (non-hydrogen) atoms. The molecule has 0 amide bonds. The summed E-state index contributed by atoms with van der Waals surface area (Å²) in [5.74, 6) is 2.30. The predicted octanol–water partition coefficient (Wildman–Crippen LogP) is 2.78. The number of anilines is 2. The van der Waals surface area contributed by atoms with Gasteiger partial charge in [0.15, 0.2) is 0 Å². The summed E-state index contributed by atoms with van der Waals surface area (Å²) in [7, 11) is 2.07. The Morgan fingerprint density at radius 3 is 2.82 bits per heavy atom. The molecular weight excluding hydrogens is 212 g/mol. The molecule has 1 aromatic rings. The van der Waals surface area contributed by atoms with Gasteiger partial charge in [-0.05, 0) is 18.4 Å². The smallest absolute Gasteiger partial charge is 0.224 e. The zero-order chi connectivity index (χ0) is 12.7. The van der Waals surface area contributed by atoms with Gasteiger partial charge in [0, 0.05) is 26.3 Å². The van der Waals surface area contributed by atoms with E-state index in [1.54, 1.807) is 0 Å². The molecule has 1 heterocycles. The van der Waals surface area contributed by atoms with Crippen LogP contribution < -0.4 is 10.2 Å². The number of hydrogen-bond donors (Lipinski definition) is 1. The molecule has 0 unspecified atom stereocenters. The minimum Gasteiger partial charge on any atom is -0.360 e. The van der Waals surface area contributed by atoms with E-state index in [0.717, 1.165) is 24.9 Å². The highest BCUT2D eigenvalue weighted by molar-refractivity contribution is 5.41. The quantitative estimate of drug-likeness (QED) is 0.790. The molecule has 1 rings (SSSR count). The highest BCUT2D eigenvalue weighted by Gasteiger charge is 2.04. The third-order valence-corrected chi connectivity index (χ3v) is 2.55. The van der Waals surface area contributed by atoms with Crippen molar-refractivity contribution in [3.8, 4) is 0 Å². The van der Waals surface area contributed by atoms with E-state index in [0.29, 0.717) is 5.92 Å². The monoisotopic (exact) mass is 236 g/mol. The van der Waals surface area contributed by atoms with E-state index in [9.17, 15) is 0 Å². The molecule has 0 saturated heterocycles. The van der Waals surface area contributed by atoms with E-state index >= 15 is 0 Å². The van der Waals surface area contributed by atoms with E-state index < -0.39 is 0 Å². The first-order valence-corrected chi connectivity index (χ1v) is 6.41. The van der Waals surface area contributed by atoms with E-state index in [2.05, 4.69) is 48.0 Å². The molecule has 4 nitrogen and oxygen atoms in total. The van der Waals surface area contributed by atoms with Crippen LogP contribution in [-0.2, 0) is 0 Å². The Morgan fingerprint density at radius 1 is 1.41 bits per heavy atom. The van der Waals surface area contributed by atoms with E-state index in [1.807, 2.05) is 12.3 Å². The Kier molecular flexibility index (Phi) is 5.73. The Balaban J connectivity index is 2.58. The summed E-state index contributed by atoms with van der Waals surface area (Å²) in [6.45, 7) is 8.48. The average molecular weight is 236 g/mol. The molecule has 1 N–H and O–H groups in total. The van der Waals surface area contributed by atoms with Crippen LogP contribution in [0.5, 0.6) is 0 Å². The normalized spacial score (nSPS) is 10.6. The Hall–Kier alpha value is -1.32. The highest BCUT2D eigenvalue weighted by Crippen LogP contribution is 2.11. The molecule has 4 heteroatoms. The Morgan fingerprint density at radius 2 is 2.18 bits per heavy atom. The molecule has 0 bridgehead atoms. The van der Waals surface area contributed by atoms with Crippen LogP contribution in [0.1, 0.15) is 33.6 Å².